The van der Waals surface area contributed by atoms with Gasteiger partial charge in [0.25, 0.3) is 0 Å². The summed E-state index contributed by atoms with van der Waals surface area (Å²) in [5.74, 6) is -0.616. The van der Waals surface area contributed by atoms with E-state index in [1.54, 1.807) is 29.5 Å². The maximum absolute atomic E-state index is 14.2. The SMILES string of the molecule is O=C1C[C@H](c2ccccc2F)c2scc(-c3ccc(Cl)cc3)c2N1. The zero-order valence-electron chi connectivity index (χ0n) is 12.6. The van der Waals surface area contributed by atoms with Crippen LogP contribution in [0.2, 0.25) is 5.02 Å². The first-order chi connectivity index (χ1) is 11.6. The van der Waals surface area contributed by atoms with Crippen LogP contribution in [0, 0.1) is 5.82 Å². The largest absolute Gasteiger partial charge is 0.325 e. The summed E-state index contributed by atoms with van der Waals surface area (Å²) in [7, 11) is 0. The molecule has 2 aromatic carbocycles. The van der Waals surface area contributed by atoms with Gasteiger partial charge in [-0.05, 0) is 29.3 Å². The molecule has 2 heterocycles. The van der Waals surface area contributed by atoms with Crippen molar-refractivity contribution >= 4 is 34.5 Å². The molecule has 0 aliphatic carbocycles. The lowest BCUT2D eigenvalue weighted by Gasteiger charge is -2.24. The lowest BCUT2D eigenvalue weighted by atomic mass is 9.89. The number of carbonyl (C=O) groups excluding carboxylic acids is 1. The highest BCUT2D eigenvalue weighted by atomic mass is 35.5. The third kappa shape index (κ3) is 2.62. The highest BCUT2D eigenvalue weighted by molar-refractivity contribution is 7.11. The van der Waals surface area contributed by atoms with E-state index in [1.807, 2.05) is 29.6 Å². The smallest absolute Gasteiger partial charge is 0.225 e. The van der Waals surface area contributed by atoms with Gasteiger partial charge in [0.1, 0.15) is 5.82 Å². The van der Waals surface area contributed by atoms with Crippen molar-refractivity contribution in [1.82, 2.24) is 0 Å². The molecule has 4 rings (SSSR count). The molecule has 0 saturated heterocycles. The lowest BCUT2D eigenvalue weighted by Crippen LogP contribution is -2.23. The molecule has 0 unspecified atom stereocenters. The van der Waals surface area contributed by atoms with Crippen LogP contribution in [0.1, 0.15) is 22.8 Å². The predicted molar refractivity (Wildman–Crippen MR) is 96.3 cm³/mol. The second-order valence-corrected chi connectivity index (χ2v) is 7.07. The number of halogens is 2. The number of fused-ring (bicyclic) bond motifs is 1. The Labute approximate surface area is 147 Å². The Morgan fingerprint density at radius 3 is 2.62 bits per heavy atom. The van der Waals surface area contributed by atoms with Gasteiger partial charge < -0.3 is 5.32 Å². The molecule has 1 atom stereocenters. The summed E-state index contributed by atoms with van der Waals surface area (Å²) in [5.41, 5.74) is 3.28. The minimum atomic E-state index is -0.274. The van der Waals surface area contributed by atoms with E-state index in [1.165, 1.54) is 6.07 Å². The van der Waals surface area contributed by atoms with Crippen molar-refractivity contribution < 1.29 is 9.18 Å². The molecule has 3 aromatic rings. The molecule has 5 heteroatoms. The molecule has 1 N–H and O–H groups in total. The van der Waals surface area contributed by atoms with Gasteiger partial charge in [0.05, 0.1) is 5.69 Å². The summed E-state index contributed by atoms with van der Waals surface area (Å²) in [4.78, 5) is 13.2. The van der Waals surface area contributed by atoms with Crippen LogP contribution < -0.4 is 5.32 Å². The summed E-state index contributed by atoms with van der Waals surface area (Å²) >= 11 is 7.50. The molecule has 1 aromatic heterocycles. The molecular formula is C19H13ClFNOS. The third-order valence-corrected chi connectivity index (χ3v) is 5.57. The van der Waals surface area contributed by atoms with E-state index >= 15 is 0 Å². The second-order valence-electron chi connectivity index (χ2n) is 5.72. The molecule has 0 fully saturated rings. The fourth-order valence-electron chi connectivity index (χ4n) is 3.08. The number of anilines is 1. The van der Waals surface area contributed by atoms with Gasteiger partial charge in [-0.15, -0.1) is 11.3 Å². The normalized spacial score (nSPS) is 16.6. The van der Waals surface area contributed by atoms with Crippen LogP contribution in [0.3, 0.4) is 0 Å². The Morgan fingerprint density at radius 1 is 1.12 bits per heavy atom. The molecule has 24 heavy (non-hydrogen) atoms. The Bertz CT molecular complexity index is 919. The van der Waals surface area contributed by atoms with Crippen molar-refractivity contribution in [1.29, 1.82) is 0 Å². The summed E-state index contributed by atoms with van der Waals surface area (Å²) < 4.78 is 14.2. The van der Waals surface area contributed by atoms with E-state index in [0.29, 0.717) is 10.6 Å². The lowest BCUT2D eigenvalue weighted by molar-refractivity contribution is -0.116. The molecular weight excluding hydrogens is 345 g/mol. The fourth-order valence-corrected chi connectivity index (χ4v) is 4.36. The van der Waals surface area contributed by atoms with Gasteiger partial charge in [0.2, 0.25) is 5.91 Å². The van der Waals surface area contributed by atoms with E-state index in [0.717, 1.165) is 21.7 Å². The first-order valence-corrected chi connectivity index (χ1v) is 8.81. The monoisotopic (exact) mass is 357 g/mol. The number of benzene rings is 2. The van der Waals surface area contributed by atoms with Crippen molar-refractivity contribution in [3.05, 3.63) is 75.2 Å². The second kappa shape index (κ2) is 6.04. The summed E-state index contributed by atoms with van der Waals surface area (Å²) in [5, 5.41) is 5.63. The number of carbonyl (C=O) groups is 1. The van der Waals surface area contributed by atoms with Crippen LogP contribution in [0.15, 0.2) is 53.9 Å². The van der Waals surface area contributed by atoms with Crippen LogP contribution in [0.5, 0.6) is 0 Å². The zero-order valence-corrected chi connectivity index (χ0v) is 14.1. The number of hydrogen-bond donors (Lipinski definition) is 1. The van der Waals surface area contributed by atoms with Crippen molar-refractivity contribution in [2.75, 3.05) is 5.32 Å². The van der Waals surface area contributed by atoms with Gasteiger partial charge in [0.15, 0.2) is 0 Å². The predicted octanol–water partition coefficient (Wildman–Crippen LogP) is 5.68. The average Bonchev–Trinajstić information content (AvgIpc) is 2.99. The first kappa shape index (κ1) is 15.4. The van der Waals surface area contributed by atoms with Gasteiger partial charge in [-0.25, -0.2) is 4.39 Å². The maximum atomic E-state index is 14.2. The highest BCUT2D eigenvalue weighted by Crippen LogP contribution is 2.47. The van der Waals surface area contributed by atoms with Gasteiger partial charge in [-0.1, -0.05) is 41.9 Å². The molecule has 0 radical (unpaired) electrons. The Kier molecular flexibility index (Phi) is 3.87. The Hall–Kier alpha value is -2.17. The van der Waals surface area contributed by atoms with E-state index in [-0.39, 0.29) is 24.1 Å². The van der Waals surface area contributed by atoms with E-state index in [9.17, 15) is 9.18 Å². The van der Waals surface area contributed by atoms with Gasteiger partial charge in [-0.3, -0.25) is 4.79 Å². The maximum Gasteiger partial charge on any atom is 0.225 e. The molecule has 1 aliphatic heterocycles. The molecule has 120 valence electrons. The molecule has 0 bridgehead atoms. The fraction of sp³-hybridized carbons (Fsp3) is 0.105. The Morgan fingerprint density at radius 2 is 1.88 bits per heavy atom. The van der Waals surface area contributed by atoms with E-state index in [4.69, 9.17) is 11.6 Å². The van der Waals surface area contributed by atoms with Gasteiger partial charge in [-0.2, -0.15) is 0 Å². The van der Waals surface area contributed by atoms with Crippen molar-refractivity contribution in [2.24, 2.45) is 0 Å². The number of rotatable bonds is 2. The molecule has 2 nitrogen and oxygen atoms in total. The number of thiophene rings is 1. The van der Waals surface area contributed by atoms with Crippen molar-refractivity contribution in [3.8, 4) is 11.1 Å². The van der Waals surface area contributed by atoms with Crippen molar-refractivity contribution in [2.45, 2.75) is 12.3 Å². The first-order valence-electron chi connectivity index (χ1n) is 7.55. The van der Waals surface area contributed by atoms with Crippen LogP contribution in [0.4, 0.5) is 10.1 Å². The minimum absolute atomic E-state index is 0.0932. The highest BCUT2D eigenvalue weighted by Gasteiger charge is 2.31. The summed E-state index contributed by atoms with van der Waals surface area (Å²) in [6.45, 7) is 0. The van der Waals surface area contributed by atoms with Crippen molar-refractivity contribution in [3.63, 3.8) is 0 Å². The number of nitrogens with one attached hydrogen (secondary N) is 1. The number of hydrogen-bond acceptors (Lipinski definition) is 2. The quantitative estimate of drug-likeness (QED) is 0.628. The topological polar surface area (TPSA) is 29.1 Å². The number of amides is 1. The molecule has 1 amide bonds. The van der Waals surface area contributed by atoms with Crippen LogP contribution in [0.25, 0.3) is 11.1 Å². The van der Waals surface area contributed by atoms with Gasteiger partial charge >= 0.3 is 0 Å². The summed E-state index contributed by atoms with van der Waals surface area (Å²) in [6, 6.07) is 14.1. The standard InChI is InChI=1S/C19H13ClFNOS/c20-12-7-5-11(6-8-12)15-10-24-19-14(9-17(23)22-18(15)19)13-3-1-2-4-16(13)21/h1-8,10,14H,9H2,(H,22,23)/t14-/m1/s1. The zero-order chi connectivity index (χ0) is 16.7. The molecule has 0 spiro atoms. The van der Waals surface area contributed by atoms with Crippen LogP contribution in [-0.2, 0) is 4.79 Å². The molecule has 1 aliphatic rings. The van der Waals surface area contributed by atoms with Gasteiger partial charge in [0, 0.05) is 33.2 Å². The molecule has 0 saturated carbocycles. The van der Waals surface area contributed by atoms with E-state index < -0.39 is 0 Å². The minimum Gasteiger partial charge on any atom is -0.325 e. The summed E-state index contributed by atoms with van der Waals surface area (Å²) in [6.07, 6.45) is 0.258. The van der Waals surface area contributed by atoms with E-state index in [2.05, 4.69) is 5.32 Å². The average molecular weight is 358 g/mol. The van der Waals surface area contributed by atoms with Crippen LogP contribution >= 0.6 is 22.9 Å². The van der Waals surface area contributed by atoms with Crippen LogP contribution in [-0.4, -0.2) is 5.91 Å². The Balaban J connectivity index is 1.83. The third-order valence-electron chi connectivity index (χ3n) is 4.23.